The van der Waals surface area contributed by atoms with Gasteiger partial charge in [0, 0.05) is 30.6 Å². The van der Waals surface area contributed by atoms with E-state index in [2.05, 4.69) is 37.4 Å². The molecule has 0 saturated carbocycles. The normalized spacial score (nSPS) is 16.9. The fourth-order valence-corrected chi connectivity index (χ4v) is 7.45. The summed E-state index contributed by atoms with van der Waals surface area (Å²) in [5, 5.41) is 9.65. The SMILES string of the molecule is CCCCCCCCCCCCCCCCCCOCC(CO)CC1(C)SCCS1. The topological polar surface area (TPSA) is 29.5 Å². The number of thioether (sulfide) groups is 2. The van der Waals surface area contributed by atoms with Gasteiger partial charge in [0.2, 0.25) is 0 Å². The summed E-state index contributed by atoms with van der Waals surface area (Å²) in [6.07, 6.45) is 23.6. The lowest BCUT2D eigenvalue weighted by atomic mass is 10.0. The zero-order valence-corrected chi connectivity index (χ0v) is 21.9. The van der Waals surface area contributed by atoms with Crippen molar-refractivity contribution in [3.63, 3.8) is 0 Å². The zero-order chi connectivity index (χ0) is 21.8. The average molecular weight is 461 g/mol. The van der Waals surface area contributed by atoms with Crippen LogP contribution in [0.15, 0.2) is 0 Å². The summed E-state index contributed by atoms with van der Waals surface area (Å²) in [6, 6.07) is 0. The summed E-state index contributed by atoms with van der Waals surface area (Å²) in [7, 11) is 0. The van der Waals surface area contributed by atoms with Crippen LogP contribution in [0.1, 0.15) is 123 Å². The number of aliphatic hydroxyl groups excluding tert-OH is 1. The van der Waals surface area contributed by atoms with Crippen LogP contribution in [0, 0.1) is 5.92 Å². The summed E-state index contributed by atoms with van der Waals surface area (Å²) in [5.74, 6) is 2.80. The molecule has 1 heterocycles. The lowest BCUT2D eigenvalue weighted by molar-refractivity contribution is 0.0665. The van der Waals surface area contributed by atoms with E-state index in [-0.39, 0.29) is 6.61 Å². The van der Waals surface area contributed by atoms with Crippen LogP contribution in [-0.4, -0.2) is 40.5 Å². The van der Waals surface area contributed by atoms with Crippen LogP contribution in [0.4, 0.5) is 0 Å². The van der Waals surface area contributed by atoms with Crippen LogP contribution >= 0.6 is 23.5 Å². The summed E-state index contributed by atoms with van der Waals surface area (Å²) in [5.41, 5.74) is 0. The molecule has 0 radical (unpaired) electrons. The molecule has 0 aromatic heterocycles. The summed E-state index contributed by atoms with van der Waals surface area (Å²) < 4.78 is 6.18. The first-order valence-corrected chi connectivity index (χ1v) is 15.1. The number of hydrogen-bond donors (Lipinski definition) is 1. The van der Waals surface area contributed by atoms with Gasteiger partial charge >= 0.3 is 0 Å². The lowest BCUT2D eigenvalue weighted by Gasteiger charge is -2.26. The molecule has 1 unspecified atom stereocenters. The number of rotatable bonds is 22. The quantitative estimate of drug-likeness (QED) is 0.164. The highest BCUT2D eigenvalue weighted by molar-refractivity contribution is 8.21. The molecule has 0 aliphatic carbocycles. The molecule has 180 valence electrons. The van der Waals surface area contributed by atoms with E-state index in [1.54, 1.807) is 0 Å². The molecule has 0 aromatic carbocycles. The summed E-state index contributed by atoms with van der Waals surface area (Å²) in [6.45, 7) is 6.47. The molecule has 1 aliphatic heterocycles. The van der Waals surface area contributed by atoms with Gasteiger partial charge in [-0.05, 0) is 19.8 Å². The van der Waals surface area contributed by atoms with Gasteiger partial charge in [-0.1, -0.05) is 103 Å². The molecule has 1 N–H and O–H groups in total. The molecule has 0 aromatic rings. The summed E-state index contributed by atoms with van der Waals surface area (Å²) in [4.78, 5) is 0. The Labute approximate surface area is 197 Å². The third-order valence-corrected chi connectivity index (χ3v) is 9.65. The second-order valence-electron chi connectivity index (χ2n) is 9.46. The van der Waals surface area contributed by atoms with E-state index in [9.17, 15) is 5.11 Å². The van der Waals surface area contributed by atoms with Gasteiger partial charge in [-0.25, -0.2) is 0 Å². The molecule has 0 spiro atoms. The fraction of sp³-hybridized carbons (Fsp3) is 1.00. The van der Waals surface area contributed by atoms with Gasteiger partial charge in [0.25, 0.3) is 0 Å². The monoisotopic (exact) mass is 460 g/mol. The van der Waals surface area contributed by atoms with Crippen molar-refractivity contribution in [1.82, 2.24) is 0 Å². The largest absolute Gasteiger partial charge is 0.396 e. The lowest BCUT2D eigenvalue weighted by Crippen LogP contribution is -2.24. The Morgan fingerprint density at radius 1 is 0.733 bits per heavy atom. The third kappa shape index (κ3) is 16.3. The van der Waals surface area contributed by atoms with Crippen LogP contribution in [0.2, 0.25) is 0 Å². The van der Waals surface area contributed by atoms with E-state index in [4.69, 9.17) is 4.74 Å². The standard InChI is InChI=1S/C26H52O2S2/c1-3-4-5-6-7-8-9-10-11-12-13-14-15-16-17-18-19-28-24-25(23-27)22-26(2)29-20-21-30-26/h25,27H,3-24H2,1-2H3. The highest BCUT2D eigenvalue weighted by Gasteiger charge is 2.32. The van der Waals surface area contributed by atoms with Crippen molar-refractivity contribution in [3.05, 3.63) is 0 Å². The highest BCUT2D eigenvalue weighted by Crippen LogP contribution is 2.47. The van der Waals surface area contributed by atoms with Crippen molar-refractivity contribution in [2.45, 2.75) is 127 Å². The first-order valence-electron chi connectivity index (χ1n) is 13.2. The average Bonchev–Trinajstić information content (AvgIpc) is 3.18. The molecular formula is C26H52O2S2. The van der Waals surface area contributed by atoms with Gasteiger partial charge in [0.15, 0.2) is 0 Å². The number of unbranched alkanes of at least 4 members (excludes halogenated alkanes) is 15. The molecule has 1 rings (SSSR count). The molecule has 1 aliphatic rings. The molecule has 1 atom stereocenters. The minimum Gasteiger partial charge on any atom is -0.396 e. The van der Waals surface area contributed by atoms with E-state index in [1.165, 1.54) is 114 Å². The van der Waals surface area contributed by atoms with Crippen molar-refractivity contribution in [2.24, 2.45) is 5.92 Å². The van der Waals surface area contributed by atoms with Crippen LogP contribution in [-0.2, 0) is 4.74 Å². The van der Waals surface area contributed by atoms with Crippen LogP contribution in [0.25, 0.3) is 0 Å². The summed E-state index contributed by atoms with van der Waals surface area (Å²) >= 11 is 4.10. The molecule has 0 amide bonds. The maximum Gasteiger partial charge on any atom is 0.0588 e. The Balaban J connectivity index is 1.77. The van der Waals surface area contributed by atoms with E-state index < -0.39 is 0 Å². The Morgan fingerprint density at radius 3 is 1.60 bits per heavy atom. The van der Waals surface area contributed by atoms with Crippen molar-refractivity contribution in [2.75, 3.05) is 31.3 Å². The first-order chi connectivity index (χ1) is 14.7. The third-order valence-electron chi connectivity index (χ3n) is 6.31. The second kappa shape index (κ2) is 20.2. The van der Waals surface area contributed by atoms with Crippen molar-refractivity contribution in [3.8, 4) is 0 Å². The zero-order valence-electron chi connectivity index (χ0n) is 20.3. The smallest absolute Gasteiger partial charge is 0.0588 e. The van der Waals surface area contributed by atoms with Gasteiger partial charge in [0.1, 0.15) is 0 Å². The number of aliphatic hydroxyl groups is 1. The van der Waals surface area contributed by atoms with Gasteiger partial charge in [-0.2, -0.15) is 0 Å². The Morgan fingerprint density at radius 2 is 1.17 bits per heavy atom. The fourth-order valence-electron chi connectivity index (χ4n) is 4.38. The van der Waals surface area contributed by atoms with Crippen LogP contribution in [0.3, 0.4) is 0 Å². The van der Waals surface area contributed by atoms with Gasteiger partial charge in [-0.3, -0.25) is 0 Å². The van der Waals surface area contributed by atoms with E-state index in [0.717, 1.165) is 19.6 Å². The Kier molecular flexibility index (Phi) is 19.3. The van der Waals surface area contributed by atoms with E-state index in [0.29, 0.717) is 10.00 Å². The Bertz CT molecular complexity index is 359. The minimum absolute atomic E-state index is 0.260. The molecule has 1 fully saturated rings. The Hall–Kier alpha value is 0.620. The van der Waals surface area contributed by atoms with Crippen molar-refractivity contribution < 1.29 is 9.84 Å². The van der Waals surface area contributed by atoms with Gasteiger partial charge in [0.05, 0.1) is 10.7 Å². The first kappa shape index (κ1) is 28.7. The molecule has 2 nitrogen and oxygen atoms in total. The van der Waals surface area contributed by atoms with Crippen molar-refractivity contribution >= 4 is 23.5 Å². The predicted octanol–water partition coefficient (Wildman–Crippen LogP) is 8.46. The minimum atomic E-state index is 0.260. The molecule has 30 heavy (non-hydrogen) atoms. The highest BCUT2D eigenvalue weighted by atomic mass is 32.2. The van der Waals surface area contributed by atoms with Gasteiger partial charge < -0.3 is 9.84 Å². The number of hydrogen-bond acceptors (Lipinski definition) is 4. The molecule has 1 saturated heterocycles. The van der Waals surface area contributed by atoms with E-state index in [1.807, 2.05) is 0 Å². The van der Waals surface area contributed by atoms with Crippen molar-refractivity contribution in [1.29, 1.82) is 0 Å². The van der Waals surface area contributed by atoms with Gasteiger partial charge in [-0.15, -0.1) is 23.5 Å². The van der Waals surface area contributed by atoms with E-state index >= 15 is 0 Å². The predicted molar refractivity (Wildman–Crippen MR) is 139 cm³/mol. The van der Waals surface area contributed by atoms with Crippen LogP contribution < -0.4 is 0 Å². The maximum atomic E-state index is 9.65. The number of ether oxygens (including phenoxy) is 1. The van der Waals surface area contributed by atoms with Crippen LogP contribution in [0.5, 0.6) is 0 Å². The molecule has 4 heteroatoms. The molecular weight excluding hydrogens is 408 g/mol. The second-order valence-corrected chi connectivity index (χ2v) is 12.9. The molecule has 0 bridgehead atoms. The maximum absolute atomic E-state index is 9.65.